The van der Waals surface area contributed by atoms with Crippen LogP contribution in [0.1, 0.15) is 27.0 Å². The van der Waals surface area contributed by atoms with E-state index in [0.29, 0.717) is 22.9 Å². The molecule has 2 aliphatic heterocycles. The van der Waals surface area contributed by atoms with E-state index in [-0.39, 0.29) is 18.4 Å². The second kappa shape index (κ2) is 5.77. The van der Waals surface area contributed by atoms with E-state index in [9.17, 15) is 13.2 Å². The van der Waals surface area contributed by atoms with Crippen molar-refractivity contribution in [3.05, 3.63) is 58.2 Å². The molecule has 8 heteroatoms. The van der Waals surface area contributed by atoms with Gasteiger partial charge >= 0.3 is 0 Å². The number of amides is 1. The molecule has 2 aliphatic rings. The van der Waals surface area contributed by atoms with E-state index in [0.717, 1.165) is 16.1 Å². The zero-order chi connectivity index (χ0) is 18.8. The lowest BCUT2D eigenvalue weighted by atomic mass is 9.96. The van der Waals surface area contributed by atoms with Crippen LogP contribution in [0.4, 0.5) is 0 Å². The van der Waals surface area contributed by atoms with Crippen molar-refractivity contribution in [2.45, 2.75) is 23.0 Å². The third-order valence-corrected chi connectivity index (χ3v) is 8.34. The Morgan fingerprint density at radius 3 is 2.85 bits per heavy atom. The van der Waals surface area contributed by atoms with Crippen LogP contribution in [0, 0.1) is 6.92 Å². The molecule has 0 saturated carbocycles. The molecule has 2 unspecified atom stereocenters. The minimum atomic E-state index is -3.45. The number of benzene rings is 1. The molecule has 0 bridgehead atoms. The first-order valence-corrected chi connectivity index (χ1v) is 11.0. The van der Waals surface area contributed by atoms with Gasteiger partial charge in [-0.3, -0.25) is 4.79 Å². The summed E-state index contributed by atoms with van der Waals surface area (Å²) in [5, 5.41) is 1.95. The molecule has 138 valence electrons. The van der Waals surface area contributed by atoms with Crippen LogP contribution in [0.5, 0.6) is 0 Å². The van der Waals surface area contributed by atoms with Gasteiger partial charge in [-0.2, -0.15) is 0 Å². The van der Waals surface area contributed by atoms with Gasteiger partial charge in [-0.05, 0) is 42.8 Å². The summed E-state index contributed by atoms with van der Waals surface area (Å²) in [7, 11) is -3.45. The molecule has 3 aromatic rings. The van der Waals surface area contributed by atoms with E-state index in [4.69, 9.17) is 4.42 Å². The number of hydrogen-bond donors (Lipinski definition) is 0. The summed E-state index contributed by atoms with van der Waals surface area (Å²) in [6, 6.07) is 8.97. The van der Waals surface area contributed by atoms with Crippen molar-refractivity contribution >= 4 is 27.1 Å². The van der Waals surface area contributed by atoms with Crippen molar-refractivity contribution in [3.8, 4) is 11.3 Å². The highest BCUT2D eigenvalue weighted by molar-refractivity contribution is 7.92. The first-order valence-electron chi connectivity index (χ1n) is 8.58. The Bertz CT molecular complexity index is 1150. The normalized spacial score (nSPS) is 22.6. The van der Waals surface area contributed by atoms with Crippen LogP contribution in [-0.4, -0.2) is 42.5 Å². The molecule has 0 radical (unpaired) electrons. The van der Waals surface area contributed by atoms with Gasteiger partial charge in [0.25, 0.3) is 5.91 Å². The Hall–Kier alpha value is -2.45. The standard InChI is InChI=1S/C19H16N2O4S2/c1-11-20-15(10-26-11)19(22)21-8-14-13-7-12(16-3-2-6-25-16)4-5-17(13)27(23,24)18(14)9-21/h2-7,10,14,18H,8-9H2,1H3. The molecule has 4 heterocycles. The van der Waals surface area contributed by atoms with Crippen LogP contribution in [0.25, 0.3) is 11.3 Å². The topological polar surface area (TPSA) is 80.5 Å². The lowest BCUT2D eigenvalue weighted by Crippen LogP contribution is -2.31. The van der Waals surface area contributed by atoms with Crippen LogP contribution >= 0.6 is 11.3 Å². The van der Waals surface area contributed by atoms with Gasteiger partial charge in [0, 0.05) is 30.0 Å². The third-order valence-electron chi connectivity index (χ3n) is 5.31. The summed E-state index contributed by atoms with van der Waals surface area (Å²) in [5.74, 6) is 0.277. The Kier molecular flexibility index (Phi) is 3.57. The lowest BCUT2D eigenvalue weighted by Gasteiger charge is -2.16. The fraction of sp³-hybridized carbons (Fsp3) is 0.263. The highest BCUT2D eigenvalue weighted by Crippen LogP contribution is 2.46. The molecule has 2 aromatic heterocycles. The van der Waals surface area contributed by atoms with Crippen LogP contribution in [0.2, 0.25) is 0 Å². The highest BCUT2D eigenvalue weighted by Gasteiger charge is 2.51. The number of hydrogen-bond acceptors (Lipinski definition) is 6. The summed E-state index contributed by atoms with van der Waals surface area (Å²) >= 11 is 1.41. The molecule has 6 nitrogen and oxygen atoms in total. The third kappa shape index (κ3) is 2.47. The Morgan fingerprint density at radius 2 is 2.15 bits per heavy atom. The minimum absolute atomic E-state index is 0.201. The number of furan rings is 1. The molecular formula is C19H16N2O4S2. The molecule has 27 heavy (non-hydrogen) atoms. The number of aryl methyl sites for hydroxylation is 1. The van der Waals surface area contributed by atoms with Gasteiger partial charge in [0.1, 0.15) is 11.5 Å². The predicted octanol–water partition coefficient (Wildman–Crippen LogP) is 3.11. The number of thiazole rings is 1. The molecule has 1 saturated heterocycles. The molecule has 1 fully saturated rings. The number of rotatable bonds is 2. The van der Waals surface area contributed by atoms with Gasteiger partial charge in [-0.1, -0.05) is 0 Å². The summed E-state index contributed by atoms with van der Waals surface area (Å²) < 4.78 is 31.4. The molecule has 1 aromatic carbocycles. The van der Waals surface area contributed by atoms with E-state index in [1.807, 2.05) is 19.1 Å². The van der Waals surface area contributed by atoms with Crippen molar-refractivity contribution < 1.29 is 17.6 Å². The summed E-state index contributed by atoms with van der Waals surface area (Å²) in [6.45, 7) is 2.43. The summed E-state index contributed by atoms with van der Waals surface area (Å²) in [6.07, 6.45) is 1.59. The molecule has 0 aliphatic carbocycles. The quantitative estimate of drug-likeness (QED) is 0.660. The number of carbonyl (C=O) groups is 1. The smallest absolute Gasteiger partial charge is 0.273 e. The Balaban J connectivity index is 1.52. The van der Waals surface area contributed by atoms with Crippen LogP contribution in [0.15, 0.2) is 51.3 Å². The molecule has 5 rings (SSSR count). The van der Waals surface area contributed by atoms with Gasteiger partial charge in [0.05, 0.1) is 21.4 Å². The van der Waals surface area contributed by atoms with E-state index in [2.05, 4.69) is 4.98 Å². The average Bonchev–Trinajstić information content (AvgIpc) is 3.41. The van der Waals surface area contributed by atoms with Crippen molar-refractivity contribution in [1.82, 2.24) is 9.88 Å². The lowest BCUT2D eigenvalue weighted by molar-refractivity contribution is 0.0785. The van der Waals surface area contributed by atoms with E-state index >= 15 is 0 Å². The molecule has 0 spiro atoms. The largest absolute Gasteiger partial charge is 0.464 e. The number of aromatic nitrogens is 1. The summed E-state index contributed by atoms with van der Waals surface area (Å²) in [5.41, 5.74) is 2.01. The zero-order valence-corrected chi connectivity index (χ0v) is 16.1. The second-order valence-corrected chi connectivity index (χ2v) is 10.1. The predicted molar refractivity (Wildman–Crippen MR) is 101 cm³/mol. The van der Waals surface area contributed by atoms with Crippen molar-refractivity contribution in [1.29, 1.82) is 0 Å². The second-order valence-electron chi connectivity index (χ2n) is 6.88. The van der Waals surface area contributed by atoms with E-state index in [1.54, 1.807) is 34.7 Å². The molecular weight excluding hydrogens is 384 g/mol. The highest BCUT2D eigenvalue weighted by atomic mass is 32.2. The minimum Gasteiger partial charge on any atom is -0.464 e. The molecule has 0 N–H and O–H groups in total. The first-order chi connectivity index (χ1) is 12.9. The maximum absolute atomic E-state index is 13.0. The number of sulfone groups is 1. The number of likely N-dealkylation sites (tertiary alicyclic amines) is 1. The van der Waals surface area contributed by atoms with E-state index in [1.165, 1.54) is 11.3 Å². The van der Waals surface area contributed by atoms with Gasteiger partial charge in [-0.15, -0.1) is 11.3 Å². The first kappa shape index (κ1) is 16.7. The fourth-order valence-electron chi connectivity index (χ4n) is 4.03. The van der Waals surface area contributed by atoms with Crippen LogP contribution in [0.3, 0.4) is 0 Å². The maximum atomic E-state index is 13.0. The fourth-order valence-corrected chi connectivity index (χ4v) is 6.78. The van der Waals surface area contributed by atoms with Crippen molar-refractivity contribution in [2.24, 2.45) is 0 Å². The Morgan fingerprint density at radius 1 is 1.30 bits per heavy atom. The SMILES string of the molecule is Cc1nc(C(=O)N2CC3c4cc(-c5ccco5)ccc4S(=O)(=O)C3C2)cs1. The van der Waals surface area contributed by atoms with Crippen LogP contribution in [-0.2, 0) is 9.84 Å². The van der Waals surface area contributed by atoms with Gasteiger partial charge in [-0.25, -0.2) is 13.4 Å². The monoisotopic (exact) mass is 400 g/mol. The Labute approximate surface area is 160 Å². The summed E-state index contributed by atoms with van der Waals surface area (Å²) in [4.78, 5) is 19.0. The number of nitrogens with zero attached hydrogens (tertiary/aromatic N) is 2. The van der Waals surface area contributed by atoms with E-state index < -0.39 is 15.1 Å². The van der Waals surface area contributed by atoms with Crippen LogP contribution < -0.4 is 0 Å². The molecule has 1 amide bonds. The number of fused-ring (bicyclic) bond motifs is 3. The van der Waals surface area contributed by atoms with Crippen molar-refractivity contribution in [2.75, 3.05) is 13.1 Å². The van der Waals surface area contributed by atoms with Gasteiger partial charge in [0.2, 0.25) is 0 Å². The maximum Gasteiger partial charge on any atom is 0.273 e. The average molecular weight is 400 g/mol. The van der Waals surface area contributed by atoms with Gasteiger partial charge in [0.15, 0.2) is 9.84 Å². The van der Waals surface area contributed by atoms with Crippen molar-refractivity contribution in [3.63, 3.8) is 0 Å². The zero-order valence-electron chi connectivity index (χ0n) is 14.5. The molecule has 2 atom stereocenters. The number of carbonyl (C=O) groups excluding carboxylic acids is 1. The van der Waals surface area contributed by atoms with Gasteiger partial charge < -0.3 is 9.32 Å².